The number of aryl methyl sites for hydroxylation is 1. The largest absolute Gasteiger partial charge is 0.317 e. The number of carbonyl (C=O) groups excluding carboxylic acids is 1. The summed E-state index contributed by atoms with van der Waals surface area (Å²) >= 11 is 7.44. The second-order valence-corrected chi connectivity index (χ2v) is 6.91. The predicted molar refractivity (Wildman–Crippen MR) is 109 cm³/mol. The summed E-state index contributed by atoms with van der Waals surface area (Å²) in [6.45, 7) is 1.94. The molecule has 3 aromatic rings. The number of rotatable bonds is 2. The number of hydrogen-bond acceptors (Lipinski definition) is 3. The number of amides is 1. The molecule has 1 aromatic heterocycles. The highest BCUT2D eigenvalue weighted by Gasteiger charge is 2.12. The molecular formula is C18H14IN3OS. The van der Waals surface area contributed by atoms with E-state index in [2.05, 4.69) is 38.2 Å². The first-order chi connectivity index (χ1) is 11.5. The van der Waals surface area contributed by atoms with Crippen LogP contribution in [0.2, 0.25) is 0 Å². The first-order valence-electron chi connectivity index (χ1n) is 7.27. The van der Waals surface area contributed by atoms with Gasteiger partial charge in [-0.25, -0.2) is 4.98 Å². The highest BCUT2D eigenvalue weighted by atomic mass is 127. The summed E-state index contributed by atoms with van der Waals surface area (Å²) in [5, 5.41) is 7.82. The molecule has 120 valence electrons. The maximum absolute atomic E-state index is 12.5. The molecule has 1 heterocycles. The van der Waals surface area contributed by atoms with Crippen LogP contribution in [0.3, 0.4) is 0 Å². The number of carbonyl (C=O) groups is 1. The minimum absolute atomic E-state index is 0.227. The number of nitrogens with zero attached hydrogens (tertiary/aromatic N) is 1. The second kappa shape index (κ2) is 7.23. The number of aromatic nitrogens is 1. The molecule has 0 aliphatic carbocycles. The molecule has 0 fully saturated rings. The second-order valence-electron chi connectivity index (χ2n) is 5.25. The quantitative estimate of drug-likeness (QED) is 0.455. The minimum Gasteiger partial charge on any atom is -0.317 e. The Morgan fingerprint density at radius 1 is 1.17 bits per heavy atom. The van der Waals surface area contributed by atoms with E-state index >= 15 is 0 Å². The molecule has 0 saturated carbocycles. The van der Waals surface area contributed by atoms with Crippen molar-refractivity contribution in [2.24, 2.45) is 0 Å². The average molecular weight is 447 g/mol. The van der Waals surface area contributed by atoms with E-state index in [0.717, 1.165) is 19.9 Å². The van der Waals surface area contributed by atoms with Crippen LogP contribution in [-0.2, 0) is 0 Å². The molecule has 0 aliphatic rings. The Kier molecular flexibility index (Phi) is 5.06. The normalized spacial score (nSPS) is 10.4. The number of pyridine rings is 1. The van der Waals surface area contributed by atoms with Crippen LogP contribution in [0.5, 0.6) is 0 Å². The van der Waals surface area contributed by atoms with Crippen LogP contribution < -0.4 is 10.6 Å². The van der Waals surface area contributed by atoms with E-state index in [-0.39, 0.29) is 11.0 Å². The molecule has 1 amide bonds. The lowest BCUT2D eigenvalue weighted by atomic mass is 10.0. The predicted octanol–water partition coefficient (Wildman–Crippen LogP) is 4.27. The van der Waals surface area contributed by atoms with Gasteiger partial charge in [0.2, 0.25) is 0 Å². The summed E-state index contributed by atoms with van der Waals surface area (Å²) in [5.74, 6) is 0.395. The van der Waals surface area contributed by atoms with Gasteiger partial charge in [-0.05, 0) is 70.2 Å². The number of hydrogen-bond donors (Lipinski definition) is 2. The Labute approximate surface area is 158 Å². The van der Waals surface area contributed by atoms with E-state index in [1.807, 2.05) is 49.4 Å². The molecule has 3 rings (SSSR count). The third kappa shape index (κ3) is 3.70. The molecular weight excluding hydrogens is 433 g/mol. The van der Waals surface area contributed by atoms with Crippen LogP contribution in [-0.4, -0.2) is 16.0 Å². The van der Waals surface area contributed by atoms with Crippen molar-refractivity contribution in [1.29, 1.82) is 0 Å². The first kappa shape index (κ1) is 16.8. The van der Waals surface area contributed by atoms with Gasteiger partial charge in [0, 0.05) is 15.3 Å². The summed E-state index contributed by atoms with van der Waals surface area (Å²) in [6.07, 6.45) is 1.74. The summed E-state index contributed by atoms with van der Waals surface area (Å²) in [5.41, 5.74) is 1.55. The molecule has 0 aliphatic heterocycles. The minimum atomic E-state index is -0.243. The molecule has 4 nitrogen and oxygen atoms in total. The van der Waals surface area contributed by atoms with Gasteiger partial charge in [0.25, 0.3) is 5.91 Å². The van der Waals surface area contributed by atoms with Crippen molar-refractivity contribution in [3.8, 4) is 0 Å². The molecule has 2 N–H and O–H groups in total. The van der Waals surface area contributed by atoms with Crippen LogP contribution in [0.1, 0.15) is 15.9 Å². The molecule has 2 aromatic carbocycles. The highest BCUT2D eigenvalue weighted by Crippen LogP contribution is 2.18. The lowest BCUT2D eigenvalue weighted by Crippen LogP contribution is -2.34. The van der Waals surface area contributed by atoms with Gasteiger partial charge >= 0.3 is 0 Å². The van der Waals surface area contributed by atoms with Crippen LogP contribution in [0, 0.1) is 10.5 Å². The van der Waals surface area contributed by atoms with Crippen molar-refractivity contribution in [3.63, 3.8) is 0 Å². The van der Waals surface area contributed by atoms with E-state index in [1.165, 1.54) is 0 Å². The molecule has 0 saturated heterocycles. The molecule has 6 heteroatoms. The molecule has 0 unspecified atom stereocenters. The molecule has 0 spiro atoms. The Bertz CT molecular complexity index is 937. The third-order valence-corrected chi connectivity index (χ3v) is 4.33. The zero-order valence-electron chi connectivity index (χ0n) is 12.8. The van der Waals surface area contributed by atoms with E-state index in [4.69, 9.17) is 12.2 Å². The SMILES string of the molecule is Cc1cc(I)cnc1NC(=S)NC(=O)c1cccc2ccccc12. The number of halogens is 1. The van der Waals surface area contributed by atoms with Crippen LogP contribution >= 0.6 is 34.8 Å². The molecule has 24 heavy (non-hydrogen) atoms. The van der Waals surface area contributed by atoms with E-state index in [1.54, 1.807) is 12.3 Å². The molecule has 0 radical (unpaired) electrons. The number of thiocarbonyl (C=S) groups is 1. The first-order valence-corrected chi connectivity index (χ1v) is 8.75. The lowest BCUT2D eigenvalue weighted by molar-refractivity contribution is 0.0979. The summed E-state index contributed by atoms with van der Waals surface area (Å²) < 4.78 is 1.04. The van der Waals surface area contributed by atoms with Crippen molar-refractivity contribution in [2.75, 3.05) is 5.32 Å². The topological polar surface area (TPSA) is 54.0 Å². The Morgan fingerprint density at radius 2 is 1.92 bits per heavy atom. The van der Waals surface area contributed by atoms with E-state index in [0.29, 0.717) is 11.4 Å². The van der Waals surface area contributed by atoms with E-state index in [9.17, 15) is 4.79 Å². The van der Waals surface area contributed by atoms with Gasteiger partial charge in [-0.3, -0.25) is 10.1 Å². The van der Waals surface area contributed by atoms with Crippen molar-refractivity contribution in [1.82, 2.24) is 10.3 Å². The Hall–Kier alpha value is -2.06. The van der Waals surface area contributed by atoms with Gasteiger partial charge in [0.15, 0.2) is 5.11 Å². The fourth-order valence-corrected chi connectivity index (χ4v) is 3.20. The zero-order valence-corrected chi connectivity index (χ0v) is 15.8. The van der Waals surface area contributed by atoms with Crippen molar-refractivity contribution in [2.45, 2.75) is 6.92 Å². The van der Waals surface area contributed by atoms with Crippen molar-refractivity contribution < 1.29 is 4.79 Å². The lowest BCUT2D eigenvalue weighted by Gasteiger charge is -2.12. The van der Waals surface area contributed by atoms with Gasteiger partial charge in [0.1, 0.15) is 5.82 Å². The number of anilines is 1. The van der Waals surface area contributed by atoms with Crippen LogP contribution in [0.15, 0.2) is 54.7 Å². The van der Waals surface area contributed by atoms with Gasteiger partial charge in [-0.2, -0.15) is 0 Å². The number of benzene rings is 2. The van der Waals surface area contributed by atoms with Gasteiger partial charge in [0.05, 0.1) is 0 Å². The standard InChI is InChI=1S/C18H14IN3OS/c1-11-9-13(19)10-20-16(11)21-18(24)22-17(23)15-8-4-6-12-5-2-3-7-14(12)15/h2-10H,1H3,(H2,20,21,22,23,24). The van der Waals surface area contributed by atoms with Gasteiger partial charge in [-0.1, -0.05) is 36.4 Å². The molecule has 0 atom stereocenters. The van der Waals surface area contributed by atoms with Gasteiger partial charge in [-0.15, -0.1) is 0 Å². The molecule has 0 bridgehead atoms. The summed E-state index contributed by atoms with van der Waals surface area (Å²) in [6, 6.07) is 15.4. The monoisotopic (exact) mass is 447 g/mol. The van der Waals surface area contributed by atoms with Crippen LogP contribution in [0.4, 0.5) is 5.82 Å². The highest BCUT2D eigenvalue weighted by molar-refractivity contribution is 14.1. The zero-order chi connectivity index (χ0) is 17.1. The Balaban J connectivity index is 1.77. The van der Waals surface area contributed by atoms with E-state index < -0.39 is 0 Å². The maximum Gasteiger partial charge on any atom is 0.258 e. The average Bonchev–Trinajstić information content (AvgIpc) is 2.57. The number of fused-ring (bicyclic) bond motifs is 1. The van der Waals surface area contributed by atoms with Crippen molar-refractivity contribution in [3.05, 3.63) is 69.4 Å². The fraction of sp³-hybridized carbons (Fsp3) is 0.0556. The fourth-order valence-electron chi connectivity index (χ4n) is 2.40. The maximum atomic E-state index is 12.5. The summed E-state index contributed by atoms with van der Waals surface area (Å²) in [7, 11) is 0. The smallest absolute Gasteiger partial charge is 0.258 e. The van der Waals surface area contributed by atoms with Crippen molar-refractivity contribution >= 4 is 62.4 Å². The Morgan fingerprint density at radius 3 is 2.71 bits per heavy atom. The van der Waals surface area contributed by atoms with Crippen LogP contribution in [0.25, 0.3) is 10.8 Å². The van der Waals surface area contributed by atoms with Gasteiger partial charge < -0.3 is 5.32 Å². The third-order valence-electron chi connectivity index (χ3n) is 3.54. The number of nitrogens with one attached hydrogen (secondary N) is 2. The summed E-state index contributed by atoms with van der Waals surface area (Å²) in [4.78, 5) is 16.8.